The Labute approximate surface area is 175 Å². The second kappa shape index (κ2) is 8.32. The maximum Gasteiger partial charge on any atom is 0.203 e. The van der Waals surface area contributed by atoms with E-state index in [-0.39, 0.29) is 11.8 Å². The van der Waals surface area contributed by atoms with Gasteiger partial charge in [-0.2, -0.15) is 0 Å². The molecule has 30 heavy (non-hydrogen) atoms. The van der Waals surface area contributed by atoms with Gasteiger partial charge >= 0.3 is 0 Å². The quantitative estimate of drug-likeness (QED) is 0.736. The maximum atomic E-state index is 9.55. The van der Waals surface area contributed by atoms with Crippen molar-refractivity contribution in [2.75, 3.05) is 26.6 Å². The van der Waals surface area contributed by atoms with Crippen LogP contribution in [0.15, 0.2) is 70.2 Å². The Morgan fingerprint density at radius 2 is 1.70 bits per heavy atom. The fraction of sp³-hybridized carbons (Fsp3) is 0.217. The lowest BCUT2D eigenvalue weighted by molar-refractivity contribution is 0.324. The SMILES string of the molecule is COc1cc(C2=NC3CC=CC=C3C(Nc3ccc(O)cc3)=N2)cc(OC)c1OC. The minimum absolute atomic E-state index is 0.0405. The van der Waals surface area contributed by atoms with Crippen LogP contribution in [-0.4, -0.2) is 44.1 Å². The number of phenols is 1. The number of nitrogens with zero attached hydrogens (tertiary/aromatic N) is 2. The van der Waals surface area contributed by atoms with Gasteiger partial charge in [0.2, 0.25) is 5.75 Å². The first kappa shape index (κ1) is 19.6. The van der Waals surface area contributed by atoms with E-state index in [1.165, 1.54) is 0 Å². The second-order valence-corrected chi connectivity index (χ2v) is 6.80. The highest BCUT2D eigenvalue weighted by Gasteiger charge is 2.26. The molecule has 0 radical (unpaired) electrons. The van der Waals surface area contributed by atoms with Crippen molar-refractivity contribution in [2.24, 2.45) is 9.98 Å². The average Bonchev–Trinajstić information content (AvgIpc) is 2.79. The topological polar surface area (TPSA) is 84.7 Å². The number of allylic oxidation sites excluding steroid dienone is 2. The summed E-state index contributed by atoms with van der Waals surface area (Å²) in [6.45, 7) is 0. The summed E-state index contributed by atoms with van der Waals surface area (Å²) in [5, 5.41) is 12.9. The standard InChI is InChI=1S/C23H23N3O4/c1-28-19-12-14(13-20(29-2)21(19)30-3)22-25-18-7-5-4-6-17(18)23(26-22)24-15-8-10-16(27)11-9-15/h4-6,8-13,18,27H,7H2,1-3H3,(H,24,25,26). The highest BCUT2D eigenvalue weighted by molar-refractivity contribution is 6.19. The Morgan fingerprint density at radius 1 is 1.00 bits per heavy atom. The normalized spacial score (nSPS) is 17.3. The van der Waals surface area contributed by atoms with E-state index in [0.717, 1.165) is 23.2 Å². The molecule has 0 amide bonds. The van der Waals surface area contributed by atoms with Crippen molar-refractivity contribution in [2.45, 2.75) is 12.5 Å². The first-order chi connectivity index (χ1) is 14.6. The molecule has 0 aromatic heterocycles. The zero-order valence-corrected chi connectivity index (χ0v) is 17.0. The zero-order valence-electron chi connectivity index (χ0n) is 17.0. The Hall–Kier alpha value is -3.74. The van der Waals surface area contributed by atoms with Gasteiger partial charge in [-0.05, 0) is 42.8 Å². The first-order valence-electron chi connectivity index (χ1n) is 9.53. The number of methoxy groups -OCH3 is 3. The molecular formula is C23H23N3O4. The molecule has 154 valence electrons. The number of aromatic hydroxyl groups is 1. The third-order valence-corrected chi connectivity index (χ3v) is 4.95. The summed E-state index contributed by atoms with van der Waals surface area (Å²) >= 11 is 0. The molecule has 0 spiro atoms. The summed E-state index contributed by atoms with van der Waals surface area (Å²) in [6.07, 6.45) is 6.92. The van der Waals surface area contributed by atoms with E-state index in [1.807, 2.05) is 24.3 Å². The number of amidine groups is 2. The van der Waals surface area contributed by atoms with Crippen molar-refractivity contribution < 1.29 is 19.3 Å². The summed E-state index contributed by atoms with van der Waals surface area (Å²) in [6, 6.07) is 10.5. The Balaban J connectivity index is 1.77. The van der Waals surface area contributed by atoms with Gasteiger partial charge in [0.05, 0.1) is 27.4 Å². The maximum absolute atomic E-state index is 9.55. The number of hydrogen-bond acceptors (Lipinski definition) is 7. The fourth-order valence-electron chi connectivity index (χ4n) is 3.45. The molecule has 0 fully saturated rings. The third-order valence-electron chi connectivity index (χ3n) is 4.95. The molecule has 2 aromatic rings. The Bertz CT molecular complexity index is 1040. The van der Waals surface area contributed by atoms with Crippen molar-refractivity contribution in [3.8, 4) is 23.0 Å². The van der Waals surface area contributed by atoms with E-state index < -0.39 is 0 Å². The van der Waals surface area contributed by atoms with Crippen molar-refractivity contribution in [3.05, 3.63) is 65.8 Å². The molecule has 1 aliphatic heterocycles. The van der Waals surface area contributed by atoms with Crippen LogP contribution in [0.25, 0.3) is 0 Å². The van der Waals surface area contributed by atoms with Crippen LogP contribution in [-0.2, 0) is 0 Å². The van der Waals surface area contributed by atoms with Crippen LogP contribution in [0.5, 0.6) is 23.0 Å². The number of nitrogens with one attached hydrogen (secondary N) is 1. The van der Waals surface area contributed by atoms with Gasteiger partial charge in [-0.1, -0.05) is 18.2 Å². The molecular weight excluding hydrogens is 382 g/mol. The van der Waals surface area contributed by atoms with Gasteiger partial charge in [-0.25, -0.2) is 4.99 Å². The predicted octanol–water partition coefficient (Wildman–Crippen LogP) is 3.94. The second-order valence-electron chi connectivity index (χ2n) is 6.80. The molecule has 1 unspecified atom stereocenters. The van der Waals surface area contributed by atoms with Crippen molar-refractivity contribution >= 4 is 17.4 Å². The number of rotatable bonds is 5. The predicted molar refractivity (Wildman–Crippen MR) is 117 cm³/mol. The summed E-state index contributed by atoms with van der Waals surface area (Å²) in [5.74, 6) is 3.11. The number of anilines is 1. The molecule has 7 heteroatoms. The zero-order chi connectivity index (χ0) is 21.1. The van der Waals surface area contributed by atoms with Gasteiger partial charge in [-0.15, -0.1) is 0 Å². The number of phenolic OH excluding ortho intramolecular Hbond substituents is 1. The molecule has 2 N–H and O–H groups in total. The highest BCUT2D eigenvalue weighted by Crippen LogP contribution is 2.39. The summed E-state index contributed by atoms with van der Waals surface area (Å²) < 4.78 is 16.4. The highest BCUT2D eigenvalue weighted by atomic mass is 16.5. The van der Waals surface area contributed by atoms with Crippen LogP contribution < -0.4 is 19.5 Å². The number of ether oxygens (including phenoxy) is 3. The molecule has 0 bridgehead atoms. The smallest absolute Gasteiger partial charge is 0.203 e. The number of hydrogen-bond donors (Lipinski definition) is 2. The van der Waals surface area contributed by atoms with E-state index in [4.69, 9.17) is 24.2 Å². The van der Waals surface area contributed by atoms with E-state index in [2.05, 4.69) is 11.4 Å². The third kappa shape index (κ3) is 3.74. The van der Waals surface area contributed by atoms with E-state index in [0.29, 0.717) is 28.9 Å². The molecule has 7 nitrogen and oxygen atoms in total. The van der Waals surface area contributed by atoms with E-state index in [9.17, 15) is 5.11 Å². The molecule has 2 aliphatic rings. The molecule has 1 atom stereocenters. The van der Waals surface area contributed by atoms with Crippen LogP contribution in [0.1, 0.15) is 12.0 Å². The van der Waals surface area contributed by atoms with Crippen LogP contribution in [0.4, 0.5) is 5.69 Å². The van der Waals surface area contributed by atoms with Gasteiger partial charge in [0.25, 0.3) is 0 Å². The lowest BCUT2D eigenvalue weighted by atomic mass is 9.96. The Morgan fingerprint density at radius 3 is 2.33 bits per heavy atom. The van der Waals surface area contributed by atoms with Crippen LogP contribution >= 0.6 is 0 Å². The fourth-order valence-corrected chi connectivity index (χ4v) is 3.45. The van der Waals surface area contributed by atoms with Gasteiger partial charge in [0, 0.05) is 16.8 Å². The minimum atomic E-state index is -0.0405. The van der Waals surface area contributed by atoms with E-state index >= 15 is 0 Å². The van der Waals surface area contributed by atoms with Crippen molar-refractivity contribution in [3.63, 3.8) is 0 Å². The lowest BCUT2D eigenvalue weighted by Crippen LogP contribution is -2.30. The molecule has 0 saturated heterocycles. The first-order valence-corrected chi connectivity index (χ1v) is 9.53. The number of aliphatic imine (C=N–C) groups is 2. The molecule has 0 saturated carbocycles. The van der Waals surface area contributed by atoms with E-state index in [1.54, 1.807) is 45.6 Å². The monoisotopic (exact) mass is 405 g/mol. The summed E-state index contributed by atoms with van der Waals surface area (Å²) in [4.78, 5) is 9.66. The summed E-state index contributed by atoms with van der Waals surface area (Å²) in [7, 11) is 4.73. The summed E-state index contributed by atoms with van der Waals surface area (Å²) in [5.41, 5.74) is 2.61. The van der Waals surface area contributed by atoms with Crippen LogP contribution in [0.3, 0.4) is 0 Å². The van der Waals surface area contributed by atoms with Crippen LogP contribution in [0, 0.1) is 0 Å². The van der Waals surface area contributed by atoms with Crippen molar-refractivity contribution in [1.29, 1.82) is 0 Å². The minimum Gasteiger partial charge on any atom is -0.508 e. The van der Waals surface area contributed by atoms with Gasteiger partial charge in [0.15, 0.2) is 17.3 Å². The van der Waals surface area contributed by atoms with Gasteiger partial charge in [-0.3, -0.25) is 4.99 Å². The molecule has 4 rings (SSSR count). The molecule has 1 heterocycles. The van der Waals surface area contributed by atoms with Crippen molar-refractivity contribution in [1.82, 2.24) is 0 Å². The van der Waals surface area contributed by atoms with Gasteiger partial charge in [0.1, 0.15) is 11.6 Å². The molecule has 1 aliphatic carbocycles. The Kier molecular flexibility index (Phi) is 5.43. The lowest BCUT2D eigenvalue weighted by Gasteiger charge is -2.26. The largest absolute Gasteiger partial charge is 0.508 e. The van der Waals surface area contributed by atoms with Crippen LogP contribution in [0.2, 0.25) is 0 Å². The van der Waals surface area contributed by atoms with Gasteiger partial charge < -0.3 is 24.6 Å². The number of fused-ring (bicyclic) bond motifs is 1. The average molecular weight is 405 g/mol. The number of benzene rings is 2. The molecule has 2 aromatic carbocycles.